The normalized spacial score (nSPS) is 17.5. The molecule has 0 amide bonds. The Hall–Kier alpha value is -1.84. The minimum absolute atomic E-state index is 0.408. The smallest absolute Gasteiger partial charge is 0.0769 e. The highest BCUT2D eigenvalue weighted by Gasteiger charge is 2.22. The van der Waals surface area contributed by atoms with Gasteiger partial charge in [-0.3, -0.25) is 4.99 Å². The predicted molar refractivity (Wildman–Crippen MR) is 96.6 cm³/mol. The van der Waals surface area contributed by atoms with Gasteiger partial charge in [0.05, 0.1) is 11.4 Å². The van der Waals surface area contributed by atoms with Crippen LogP contribution in [0.5, 0.6) is 0 Å². The SMILES string of the molecule is c1ccc(C2CC(c3cccs3)=Nc3ccccc3S2)cc1. The third-order valence-electron chi connectivity index (χ3n) is 3.75. The van der Waals surface area contributed by atoms with Crippen molar-refractivity contribution in [2.75, 3.05) is 0 Å². The summed E-state index contributed by atoms with van der Waals surface area (Å²) >= 11 is 3.69. The topological polar surface area (TPSA) is 12.4 Å². The summed E-state index contributed by atoms with van der Waals surface area (Å²) in [4.78, 5) is 7.51. The number of hydrogen-bond donors (Lipinski definition) is 0. The molecule has 22 heavy (non-hydrogen) atoms. The molecule has 1 aliphatic rings. The van der Waals surface area contributed by atoms with Crippen LogP contribution in [-0.2, 0) is 0 Å². The lowest BCUT2D eigenvalue weighted by Gasteiger charge is -2.15. The third kappa shape index (κ3) is 2.74. The lowest BCUT2D eigenvalue weighted by molar-refractivity contribution is 1.01. The molecule has 0 fully saturated rings. The van der Waals surface area contributed by atoms with Crippen molar-refractivity contribution in [3.05, 3.63) is 82.6 Å². The Morgan fingerprint density at radius 2 is 1.68 bits per heavy atom. The summed E-state index contributed by atoms with van der Waals surface area (Å²) < 4.78 is 0. The molecule has 2 aromatic carbocycles. The van der Waals surface area contributed by atoms with Crippen molar-refractivity contribution in [1.82, 2.24) is 0 Å². The fourth-order valence-corrected chi connectivity index (χ4v) is 4.62. The van der Waals surface area contributed by atoms with Crippen molar-refractivity contribution in [1.29, 1.82) is 0 Å². The number of aliphatic imine (C=N–C) groups is 1. The lowest BCUT2D eigenvalue weighted by Crippen LogP contribution is -2.03. The number of thioether (sulfide) groups is 1. The minimum Gasteiger partial charge on any atom is -0.251 e. The number of para-hydroxylation sites is 1. The van der Waals surface area contributed by atoms with Gasteiger partial charge >= 0.3 is 0 Å². The van der Waals surface area contributed by atoms with E-state index in [0.29, 0.717) is 5.25 Å². The summed E-state index contributed by atoms with van der Waals surface area (Å²) in [5.41, 5.74) is 3.66. The first kappa shape index (κ1) is 13.8. The van der Waals surface area contributed by atoms with Crippen LogP contribution in [0.15, 0.2) is 82.0 Å². The maximum absolute atomic E-state index is 4.96. The van der Waals surface area contributed by atoms with E-state index in [4.69, 9.17) is 4.99 Å². The average molecular weight is 321 g/mol. The molecule has 1 unspecified atom stereocenters. The molecule has 1 atom stereocenters. The van der Waals surface area contributed by atoms with Gasteiger partial charge in [0.1, 0.15) is 0 Å². The number of hydrogen-bond acceptors (Lipinski definition) is 3. The van der Waals surface area contributed by atoms with Crippen molar-refractivity contribution in [2.45, 2.75) is 16.6 Å². The van der Waals surface area contributed by atoms with E-state index in [9.17, 15) is 0 Å². The quantitative estimate of drug-likeness (QED) is 0.555. The van der Waals surface area contributed by atoms with Crippen LogP contribution in [0.3, 0.4) is 0 Å². The molecule has 0 saturated carbocycles. The lowest BCUT2D eigenvalue weighted by atomic mass is 10.1. The average Bonchev–Trinajstić information content (AvgIpc) is 3.03. The molecule has 0 saturated heterocycles. The molecule has 0 N–H and O–H groups in total. The van der Waals surface area contributed by atoms with Crippen LogP contribution < -0.4 is 0 Å². The van der Waals surface area contributed by atoms with Gasteiger partial charge in [-0.25, -0.2) is 0 Å². The van der Waals surface area contributed by atoms with Crippen LogP contribution in [0.1, 0.15) is 22.1 Å². The van der Waals surface area contributed by atoms with Gasteiger partial charge in [-0.2, -0.15) is 0 Å². The zero-order valence-corrected chi connectivity index (χ0v) is 13.6. The second-order valence-corrected chi connectivity index (χ2v) is 7.42. The highest BCUT2D eigenvalue weighted by atomic mass is 32.2. The van der Waals surface area contributed by atoms with Gasteiger partial charge in [0.25, 0.3) is 0 Å². The molecule has 3 heteroatoms. The standard InChI is InChI=1S/C19H15NS2/c1-2-7-14(8-3-1)19-13-16(17-11-6-12-21-17)20-15-9-4-5-10-18(15)22-19/h1-12,19H,13H2. The Morgan fingerprint density at radius 3 is 2.50 bits per heavy atom. The molecule has 1 aromatic heterocycles. The second-order valence-electron chi connectivity index (χ2n) is 5.22. The van der Waals surface area contributed by atoms with Gasteiger partial charge in [0.15, 0.2) is 0 Å². The number of benzene rings is 2. The third-order valence-corrected chi connectivity index (χ3v) is 5.99. The van der Waals surface area contributed by atoms with Crippen molar-refractivity contribution >= 4 is 34.5 Å². The Morgan fingerprint density at radius 1 is 0.864 bits per heavy atom. The highest BCUT2D eigenvalue weighted by molar-refractivity contribution is 7.99. The van der Waals surface area contributed by atoms with Crippen molar-refractivity contribution < 1.29 is 0 Å². The Kier molecular flexibility index (Phi) is 3.83. The van der Waals surface area contributed by atoms with Gasteiger partial charge in [-0.15, -0.1) is 23.1 Å². The molecule has 1 aliphatic heterocycles. The molecular weight excluding hydrogens is 306 g/mol. The van der Waals surface area contributed by atoms with E-state index in [1.165, 1.54) is 21.0 Å². The number of thiophene rings is 1. The predicted octanol–water partition coefficient (Wildman–Crippen LogP) is 6.11. The Balaban J connectivity index is 1.80. The van der Waals surface area contributed by atoms with Crippen molar-refractivity contribution in [3.63, 3.8) is 0 Å². The fourth-order valence-electron chi connectivity index (χ4n) is 2.66. The molecule has 3 aromatic rings. The molecule has 0 spiro atoms. The van der Waals surface area contributed by atoms with E-state index < -0.39 is 0 Å². The molecule has 0 bridgehead atoms. The monoisotopic (exact) mass is 321 g/mol. The number of nitrogens with zero attached hydrogens (tertiary/aromatic N) is 1. The highest BCUT2D eigenvalue weighted by Crippen LogP contribution is 2.45. The van der Waals surface area contributed by atoms with Crippen LogP contribution in [0, 0.1) is 0 Å². The zero-order chi connectivity index (χ0) is 14.8. The van der Waals surface area contributed by atoms with E-state index in [1.807, 2.05) is 11.8 Å². The van der Waals surface area contributed by atoms with Crippen LogP contribution in [-0.4, -0.2) is 5.71 Å². The molecule has 2 heterocycles. The van der Waals surface area contributed by atoms with E-state index in [-0.39, 0.29) is 0 Å². The molecule has 0 radical (unpaired) electrons. The first-order chi connectivity index (χ1) is 10.9. The molecule has 4 rings (SSSR count). The van der Waals surface area contributed by atoms with Crippen LogP contribution in [0.2, 0.25) is 0 Å². The zero-order valence-electron chi connectivity index (χ0n) is 12.0. The van der Waals surface area contributed by atoms with Gasteiger partial charge in [0.2, 0.25) is 0 Å². The molecule has 0 aliphatic carbocycles. The molecule has 108 valence electrons. The minimum atomic E-state index is 0.408. The first-order valence-electron chi connectivity index (χ1n) is 7.32. The van der Waals surface area contributed by atoms with Gasteiger partial charge in [-0.1, -0.05) is 48.5 Å². The first-order valence-corrected chi connectivity index (χ1v) is 9.08. The summed E-state index contributed by atoms with van der Waals surface area (Å²) in [6.45, 7) is 0. The van der Waals surface area contributed by atoms with Gasteiger partial charge < -0.3 is 0 Å². The van der Waals surface area contributed by atoms with Gasteiger partial charge in [0, 0.05) is 21.4 Å². The summed E-state index contributed by atoms with van der Waals surface area (Å²) in [5, 5.41) is 2.53. The second kappa shape index (κ2) is 6.11. The fraction of sp³-hybridized carbons (Fsp3) is 0.105. The van der Waals surface area contributed by atoms with Gasteiger partial charge in [-0.05, 0) is 29.1 Å². The summed E-state index contributed by atoms with van der Waals surface area (Å²) in [6, 6.07) is 23.5. The summed E-state index contributed by atoms with van der Waals surface area (Å²) in [7, 11) is 0. The van der Waals surface area contributed by atoms with Crippen LogP contribution >= 0.6 is 23.1 Å². The van der Waals surface area contributed by atoms with Crippen molar-refractivity contribution in [3.8, 4) is 0 Å². The largest absolute Gasteiger partial charge is 0.251 e. The Labute approximate surface area is 138 Å². The van der Waals surface area contributed by atoms with Crippen LogP contribution in [0.25, 0.3) is 0 Å². The molecular formula is C19H15NS2. The Bertz CT molecular complexity index is 791. The van der Waals surface area contributed by atoms with Crippen molar-refractivity contribution in [2.24, 2.45) is 4.99 Å². The summed E-state index contributed by atoms with van der Waals surface area (Å²) in [6.07, 6.45) is 0.962. The van der Waals surface area contributed by atoms with Crippen LogP contribution in [0.4, 0.5) is 5.69 Å². The van der Waals surface area contributed by atoms with E-state index >= 15 is 0 Å². The maximum atomic E-state index is 4.96. The summed E-state index contributed by atoms with van der Waals surface area (Å²) in [5.74, 6) is 0. The van der Waals surface area contributed by atoms with E-state index in [1.54, 1.807) is 11.3 Å². The number of rotatable bonds is 2. The molecule has 1 nitrogen and oxygen atoms in total. The maximum Gasteiger partial charge on any atom is 0.0769 e. The van der Waals surface area contributed by atoms with E-state index in [0.717, 1.165) is 12.1 Å². The van der Waals surface area contributed by atoms with E-state index in [2.05, 4.69) is 72.1 Å². The number of fused-ring (bicyclic) bond motifs is 1.